The van der Waals surface area contributed by atoms with Gasteiger partial charge in [0.1, 0.15) is 5.82 Å². The van der Waals surface area contributed by atoms with Crippen LogP contribution in [0.3, 0.4) is 0 Å². The minimum absolute atomic E-state index is 0.0234. The number of hydrogen-bond donors (Lipinski definition) is 0. The van der Waals surface area contributed by atoms with E-state index < -0.39 is 11.7 Å². The molecule has 2 aromatic rings. The van der Waals surface area contributed by atoms with E-state index >= 15 is 0 Å². The maximum absolute atomic E-state index is 13.6. The van der Waals surface area contributed by atoms with Crippen LogP contribution in [0.4, 0.5) is 4.39 Å². The zero-order valence-corrected chi connectivity index (χ0v) is 15.0. The average Bonchev–Trinajstić information content (AvgIpc) is 3.26. The molecule has 1 amide bonds. The molecule has 0 aliphatic heterocycles. The van der Waals surface area contributed by atoms with Crippen LogP contribution in [0.25, 0.3) is 0 Å². The van der Waals surface area contributed by atoms with Gasteiger partial charge in [-0.15, -0.1) is 11.3 Å². The number of rotatable bonds is 3. The third-order valence-corrected chi connectivity index (χ3v) is 5.66. The molecule has 1 fully saturated rings. The maximum atomic E-state index is 13.6. The summed E-state index contributed by atoms with van der Waals surface area (Å²) in [5, 5.41) is -0.0120. The quantitative estimate of drug-likeness (QED) is 0.714. The Morgan fingerprint density at radius 1 is 1.35 bits per heavy atom. The minimum atomic E-state index is -0.681. The number of nitrogens with zero attached hydrogens (tertiary/aromatic N) is 2. The molecule has 122 valence electrons. The molecule has 7 heteroatoms. The Kier molecular flexibility index (Phi) is 4.63. The molecule has 1 aromatic heterocycles. The van der Waals surface area contributed by atoms with Gasteiger partial charge in [-0.2, -0.15) is 4.99 Å². The van der Waals surface area contributed by atoms with Crippen LogP contribution in [0.2, 0.25) is 10.0 Å². The summed E-state index contributed by atoms with van der Waals surface area (Å²) in [5.74, 6) is -0.580. The zero-order valence-electron chi connectivity index (χ0n) is 12.7. The van der Waals surface area contributed by atoms with Gasteiger partial charge < -0.3 is 4.57 Å². The minimum Gasteiger partial charge on any atom is -0.320 e. The second-order valence-electron chi connectivity index (χ2n) is 5.74. The SMILES string of the molecule is Cc1sc(=NC(=O)c2cc(F)c(Cl)cc2Cl)n(CC2CC2)c1C. The predicted octanol–water partition coefficient (Wildman–Crippen LogP) is 4.76. The molecule has 1 aliphatic carbocycles. The van der Waals surface area contributed by atoms with Gasteiger partial charge in [-0.1, -0.05) is 23.2 Å². The molecule has 1 aliphatic rings. The van der Waals surface area contributed by atoms with Crippen LogP contribution in [0.1, 0.15) is 33.8 Å². The summed E-state index contributed by atoms with van der Waals surface area (Å²) >= 11 is 13.1. The van der Waals surface area contributed by atoms with Gasteiger partial charge in [0.25, 0.3) is 5.91 Å². The highest BCUT2D eigenvalue weighted by molar-refractivity contribution is 7.09. The van der Waals surface area contributed by atoms with E-state index in [2.05, 4.69) is 9.56 Å². The summed E-state index contributed by atoms with van der Waals surface area (Å²) in [7, 11) is 0. The van der Waals surface area contributed by atoms with Gasteiger partial charge >= 0.3 is 0 Å². The third kappa shape index (κ3) is 3.52. The van der Waals surface area contributed by atoms with Crippen molar-refractivity contribution in [3.05, 3.63) is 48.9 Å². The number of carbonyl (C=O) groups is 1. The molecule has 0 N–H and O–H groups in total. The highest BCUT2D eigenvalue weighted by atomic mass is 35.5. The first-order valence-electron chi connectivity index (χ1n) is 7.27. The zero-order chi connectivity index (χ0) is 16.7. The van der Waals surface area contributed by atoms with Crippen LogP contribution in [-0.2, 0) is 6.54 Å². The molecule has 3 nitrogen and oxygen atoms in total. The molecule has 0 radical (unpaired) electrons. The molecule has 23 heavy (non-hydrogen) atoms. The Morgan fingerprint density at radius 2 is 2.04 bits per heavy atom. The van der Waals surface area contributed by atoms with Gasteiger partial charge in [0.15, 0.2) is 4.80 Å². The van der Waals surface area contributed by atoms with Crippen LogP contribution >= 0.6 is 34.5 Å². The number of benzene rings is 1. The first-order chi connectivity index (χ1) is 10.9. The first-order valence-corrected chi connectivity index (χ1v) is 8.84. The lowest BCUT2D eigenvalue weighted by molar-refractivity contribution is 0.0997. The van der Waals surface area contributed by atoms with Gasteiger partial charge in [-0.25, -0.2) is 4.39 Å². The third-order valence-electron chi connectivity index (χ3n) is 3.96. The van der Waals surface area contributed by atoms with Crippen molar-refractivity contribution < 1.29 is 9.18 Å². The van der Waals surface area contributed by atoms with E-state index in [1.165, 1.54) is 30.2 Å². The van der Waals surface area contributed by atoms with Gasteiger partial charge in [-0.05, 0) is 44.7 Å². The first kappa shape index (κ1) is 16.7. The molecule has 1 saturated carbocycles. The fourth-order valence-electron chi connectivity index (χ4n) is 2.29. The highest BCUT2D eigenvalue weighted by Gasteiger charge is 2.23. The molecule has 1 aromatic carbocycles. The number of aryl methyl sites for hydroxylation is 1. The Balaban J connectivity index is 2.03. The van der Waals surface area contributed by atoms with E-state index in [4.69, 9.17) is 23.2 Å². The number of aromatic nitrogens is 1. The van der Waals surface area contributed by atoms with E-state index in [9.17, 15) is 9.18 Å². The number of amides is 1. The Hall–Kier alpha value is -1.17. The lowest BCUT2D eigenvalue weighted by Gasteiger charge is -2.05. The Labute approximate surface area is 147 Å². The summed E-state index contributed by atoms with van der Waals surface area (Å²) in [6.45, 7) is 4.89. The molecule has 0 unspecified atom stereocenters. The summed E-state index contributed by atoms with van der Waals surface area (Å²) in [6, 6.07) is 2.26. The number of thiazole rings is 1. The Bertz CT molecular complexity index is 852. The van der Waals surface area contributed by atoms with Crippen molar-refractivity contribution in [3.63, 3.8) is 0 Å². The van der Waals surface area contributed by atoms with E-state index in [-0.39, 0.29) is 15.6 Å². The van der Waals surface area contributed by atoms with Crippen molar-refractivity contribution in [2.24, 2.45) is 10.9 Å². The van der Waals surface area contributed by atoms with E-state index in [1.54, 1.807) is 0 Å². The second kappa shape index (κ2) is 6.38. The van der Waals surface area contributed by atoms with Crippen molar-refractivity contribution in [2.45, 2.75) is 33.2 Å². The van der Waals surface area contributed by atoms with Gasteiger partial charge in [-0.3, -0.25) is 4.79 Å². The molecule has 1 heterocycles. The number of carbonyl (C=O) groups excluding carboxylic acids is 1. The maximum Gasteiger partial charge on any atom is 0.281 e. The van der Waals surface area contributed by atoms with E-state index in [1.807, 2.05) is 13.8 Å². The standard InChI is InChI=1S/C16H15Cl2FN2OS/c1-8-9(2)23-16(21(8)7-10-3-4-10)20-15(22)11-5-14(19)13(18)6-12(11)17/h5-6,10H,3-4,7H2,1-2H3. The normalized spacial score (nSPS) is 15.3. The summed E-state index contributed by atoms with van der Waals surface area (Å²) in [6.07, 6.45) is 2.42. The lowest BCUT2D eigenvalue weighted by atomic mass is 10.2. The molecule has 0 atom stereocenters. The second-order valence-corrected chi connectivity index (χ2v) is 7.74. The molecule has 3 rings (SSSR count). The van der Waals surface area contributed by atoms with Gasteiger partial charge in [0.2, 0.25) is 0 Å². The van der Waals surface area contributed by atoms with Crippen molar-refractivity contribution >= 4 is 40.4 Å². The molecule has 0 spiro atoms. The molecular formula is C16H15Cl2FN2OS. The number of halogens is 3. The predicted molar refractivity (Wildman–Crippen MR) is 90.8 cm³/mol. The smallest absolute Gasteiger partial charge is 0.281 e. The monoisotopic (exact) mass is 372 g/mol. The van der Waals surface area contributed by atoms with Gasteiger partial charge in [0, 0.05) is 17.1 Å². The van der Waals surface area contributed by atoms with E-state index in [0.717, 1.165) is 23.2 Å². The molecular weight excluding hydrogens is 358 g/mol. The lowest BCUT2D eigenvalue weighted by Crippen LogP contribution is -2.19. The topological polar surface area (TPSA) is 34.4 Å². The van der Waals surface area contributed by atoms with Crippen molar-refractivity contribution in [3.8, 4) is 0 Å². The largest absolute Gasteiger partial charge is 0.320 e. The summed E-state index contributed by atoms with van der Waals surface area (Å²) in [4.78, 5) is 18.3. The van der Waals surface area contributed by atoms with Crippen LogP contribution in [-0.4, -0.2) is 10.5 Å². The van der Waals surface area contributed by atoms with Crippen LogP contribution in [0, 0.1) is 25.6 Å². The van der Waals surface area contributed by atoms with Gasteiger partial charge in [0.05, 0.1) is 15.6 Å². The Morgan fingerprint density at radius 3 is 2.70 bits per heavy atom. The average molecular weight is 373 g/mol. The van der Waals surface area contributed by atoms with Crippen LogP contribution in [0.15, 0.2) is 17.1 Å². The molecule has 0 bridgehead atoms. The fraction of sp³-hybridized carbons (Fsp3) is 0.375. The summed E-state index contributed by atoms with van der Waals surface area (Å²) < 4.78 is 15.7. The molecule has 0 saturated heterocycles. The van der Waals surface area contributed by atoms with Crippen molar-refractivity contribution in [2.75, 3.05) is 0 Å². The van der Waals surface area contributed by atoms with Crippen LogP contribution < -0.4 is 4.80 Å². The van der Waals surface area contributed by atoms with E-state index in [0.29, 0.717) is 10.7 Å². The van der Waals surface area contributed by atoms with Crippen molar-refractivity contribution in [1.82, 2.24) is 4.57 Å². The number of hydrogen-bond acceptors (Lipinski definition) is 2. The summed E-state index contributed by atoms with van der Waals surface area (Å²) in [5.41, 5.74) is 1.14. The van der Waals surface area contributed by atoms with Crippen molar-refractivity contribution in [1.29, 1.82) is 0 Å². The fourth-order valence-corrected chi connectivity index (χ4v) is 3.74. The highest BCUT2D eigenvalue weighted by Crippen LogP contribution is 2.31. The van der Waals surface area contributed by atoms with Crippen LogP contribution in [0.5, 0.6) is 0 Å².